The topological polar surface area (TPSA) is 43.1 Å². The summed E-state index contributed by atoms with van der Waals surface area (Å²) in [6, 6.07) is 4.29. The van der Waals surface area contributed by atoms with Crippen molar-refractivity contribution in [2.24, 2.45) is 0 Å². The molecule has 0 N–H and O–H groups in total. The van der Waals surface area contributed by atoms with E-state index < -0.39 is 10.7 Å². The molecule has 3 nitrogen and oxygen atoms in total. The smallest absolute Gasteiger partial charge is 0.258 e. The van der Waals surface area contributed by atoms with Gasteiger partial charge in [0, 0.05) is 5.25 Å². The summed E-state index contributed by atoms with van der Waals surface area (Å²) in [4.78, 5) is 10.6. The Bertz CT molecular complexity index is 405. The number of para-hydroxylation sites is 1. The lowest BCUT2D eigenvalue weighted by molar-refractivity contribution is -0.390. The van der Waals surface area contributed by atoms with Gasteiger partial charge in [-0.15, -0.1) is 11.8 Å². The Morgan fingerprint density at radius 2 is 2.06 bits per heavy atom. The van der Waals surface area contributed by atoms with Gasteiger partial charge < -0.3 is 0 Å². The molecule has 0 bridgehead atoms. The highest BCUT2D eigenvalue weighted by molar-refractivity contribution is 8.00. The van der Waals surface area contributed by atoms with E-state index in [4.69, 9.17) is 0 Å². The Morgan fingerprint density at radius 1 is 1.38 bits per heavy atom. The van der Waals surface area contributed by atoms with Crippen molar-refractivity contribution in [2.75, 3.05) is 0 Å². The van der Waals surface area contributed by atoms with Crippen molar-refractivity contribution in [3.05, 3.63) is 34.1 Å². The summed E-state index contributed by atoms with van der Waals surface area (Å²) < 4.78 is 13.3. The molecule has 0 aliphatic heterocycles. The first kappa shape index (κ1) is 11.4. The quantitative estimate of drug-likeness (QED) is 0.597. The van der Waals surface area contributed by atoms with Gasteiger partial charge in [-0.2, -0.15) is 4.39 Å². The average molecular weight is 241 g/mol. The van der Waals surface area contributed by atoms with Crippen LogP contribution in [0.1, 0.15) is 25.7 Å². The fourth-order valence-electron chi connectivity index (χ4n) is 1.95. The van der Waals surface area contributed by atoms with Gasteiger partial charge in [-0.25, -0.2) is 0 Å². The van der Waals surface area contributed by atoms with Gasteiger partial charge in [-0.3, -0.25) is 10.1 Å². The van der Waals surface area contributed by atoms with E-state index in [1.165, 1.54) is 30.7 Å². The number of nitrogens with zero attached hydrogens (tertiary/aromatic N) is 1. The van der Waals surface area contributed by atoms with Crippen LogP contribution in [-0.4, -0.2) is 10.2 Å². The third kappa shape index (κ3) is 2.35. The van der Waals surface area contributed by atoms with E-state index in [1.807, 2.05) is 0 Å². The van der Waals surface area contributed by atoms with Gasteiger partial charge in [-0.1, -0.05) is 18.9 Å². The van der Waals surface area contributed by atoms with Crippen LogP contribution in [0.4, 0.5) is 10.1 Å². The lowest BCUT2D eigenvalue weighted by Crippen LogP contribution is -1.99. The molecule has 1 aromatic carbocycles. The van der Waals surface area contributed by atoms with E-state index >= 15 is 0 Å². The zero-order valence-corrected chi connectivity index (χ0v) is 9.50. The summed E-state index contributed by atoms with van der Waals surface area (Å²) >= 11 is 1.44. The average Bonchev–Trinajstić information content (AvgIpc) is 2.70. The Balaban J connectivity index is 2.25. The van der Waals surface area contributed by atoms with Crippen LogP contribution in [0, 0.1) is 15.9 Å². The highest BCUT2D eigenvalue weighted by atomic mass is 32.2. The summed E-state index contributed by atoms with van der Waals surface area (Å²) in [5.41, 5.74) is -0.376. The molecule has 0 heterocycles. The minimum Gasteiger partial charge on any atom is -0.258 e. The molecule has 1 aromatic rings. The van der Waals surface area contributed by atoms with Crippen LogP contribution < -0.4 is 0 Å². The van der Waals surface area contributed by atoms with E-state index in [0.717, 1.165) is 18.9 Å². The van der Waals surface area contributed by atoms with Gasteiger partial charge in [0.2, 0.25) is 5.82 Å². The maximum Gasteiger partial charge on any atom is 0.318 e. The second-order valence-corrected chi connectivity index (χ2v) is 5.21. The van der Waals surface area contributed by atoms with Crippen molar-refractivity contribution in [1.29, 1.82) is 0 Å². The second kappa shape index (κ2) is 4.82. The number of hydrogen-bond acceptors (Lipinski definition) is 3. The molecule has 0 atom stereocenters. The SMILES string of the molecule is O=[N+]([O-])c1c(F)cccc1SC1CCCC1. The summed E-state index contributed by atoms with van der Waals surface area (Å²) in [6.45, 7) is 0. The van der Waals surface area contributed by atoms with E-state index in [0.29, 0.717) is 10.1 Å². The fraction of sp³-hybridized carbons (Fsp3) is 0.455. The van der Waals surface area contributed by atoms with E-state index in [2.05, 4.69) is 0 Å². The minimum atomic E-state index is -0.743. The summed E-state index contributed by atoms with van der Waals surface area (Å²) in [7, 11) is 0. The number of nitro benzene ring substituents is 1. The predicted octanol–water partition coefficient (Wildman–Crippen LogP) is 3.77. The lowest BCUT2D eigenvalue weighted by atomic mass is 10.3. The molecule has 0 spiro atoms. The normalized spacial score (nSPS) is 16.6. The first-order chi connectivity index (χ1) is 7.68. The van der Waals surface area contributed by atoms with Crippen molar-refractivity contribution < 1.29 is 9.31 Å². The van der Waals surface area contributed by atoms with Crippen molar-refractivity contribution >= 4 is 17.4 Å². The van der Waals surface area contributed by atoms with Crippen LogP contribution >= 0.6 is 11.8 Å². The number of nitro groups is 1. The van der Waals surface area contributed by atoms with Crippen LogP contribution in [0.25, 0.3) is 0 Å². The Kier molecular flexibility index (Phi) is 3.43. The number of hydrogen-bond donors (Lipinski definition) is 0. The molecule has 1 saturated carbocycles. The molecule has 1 aliphatic carbocycles. The molecule has 0 radical (unpaired) electrons. The van der Waals surface area contributed by atoms with Crippen LogP contribution in [0.3, 0.4) is 0 Å². The van der Waals surface area contributed by atoms with Gasteiger partial charge in [0.1, 0.15) is 0 Å². The molecule has 0 saturated heterocycles. The predicted molar refractivity (Wildman–Crippen MR) is 61.2 cm³/mol. The van der Waals surface area contributed by atoms with E-state index in [9.17, 15) is 14.5 Å². The molecule has 86 valence electrons. The van der Waals surface area contributed by atoms with Crippen molar-refractivity contribution in [2.45, 2.75) is 35.8 Å². The fourth-order valence-corrected chi connectivity index (χ4v) is 3.32. The second-order valence-electron chi connectivity index (χ2n) is 3.87. The first-order valence-electron chi connectivity index (χ1n) is 5.28. The van der Waals surface area contributed by atoms with Crippen molar-refractivity contribution in [1.82, 2.24) is 0 Å². The maximum atomic E-state index is 13.3. The Labute approximate surface area is 97.2 Å². The summed E-state index contributed by atoms with van der Waals surface area (Å²) in [5.74, 6) is -0.743. The van der Waals surface area contributed by atoms with Crippen molar-refractivity contribution in [3.63, 3.8) is 0 Å². The molecule has 1 fully saturated rings. The highest BCUT2D eigenvalue weighted by Crippen LogP contribution is 2.39. The minimum absolute atomic E-state index is 0.376. The zero-order valence-electron chi connectivity index (χ0n) is 8.69. The van der Waals surface area contributed by atoms with Crippen LogP contribution in [0.5, 0.6) is 0 Å². The molecule has 1 aliphatic rings. The number of rotatable bonds is 3. The number of benzene rings is 1. The molecule has 5 heteroatoms. The zero-order chi connectivity index (χ0) is 11.5. The molecule has 0 aromatic heterocycles. The third-order valence-electron chi connectivity index (χ3n) is 2.73. The molecular formula is C11H12FNO2S. The molecule has 0 unspecified atom stereocenters. The summed E-state index contributed by atoms with van der Waals surface area (Å²) in [5, 5.41) is 11.2. The third-order valence-corrected chi connectivity index (χ3v) is 4.12. The van der Waals surface area contributed by atoms with Gasteiger partial charge in [-0.05, 0) is 25.0 Å². The highest BCUT2D eigenvalue weighted by Gasteiger charge is 2.24. The van der Waals surface area contributed by atoms with Gasteiger partial charge in [0.25, 0.3) is 0 Å². The van der Waals surface area contributed by atoms with Crippen LogP contribution in [0.15, 0.2) is 23.1 Å². The lowest BCUT2D eigenvalue weighted by Gasteiger charge is -2.08. The molecule has 16 heavy (non-hydrogen) atoms. The number of thioether (sulfide) groups is 1. The van der Waals surface area contributed by atoms with E-state index in [1.54, 1.807) is 6.07 Å². The van der Waals surface area contributed by atoms with E-state index in [-0.39, 0.29) is 5.69 Å². The molecule has 0 amide bonds. The molecular weight excluding hydrogens is 229 g/mol. The largest absolute Gasteiger partial charge is 0.318 e. The maximum absolute atomic E-state index is 13.3. The number of halogens is 1. The van der Waals surface area contributed by atoms with Gasteiger partial charge in [0.15, 0.2) is 0 Å². The monoisotopic (exact) mass is 241 g/mol. The van der Waals surface area contributed by atoms with Crippen molar-refractivity contribution in [3.8, 4) is 0 Å². The van der Waals surface area contributed by atoms with Gasteiger partial charge in [0.05, 0.1) is 9.82 Å². The summed E-state index contributed by atoms with van der Waals surface area (Å²) in [6.07, 6.45) is 4.47. The first-order valence-corrected chi connectivity index (χ1v) is 6.16. The Morgan fingerprint density at radius 3 is 2.69 bits per heavy atom. The van der Waals surface area contributed by atoms with Gasteiger partial charge >= 0.3 is 5.69 Å². The van der Waals surface area contributed by atoms with Crippen LogP contribution in [0.2, 0.25) is 0 Å². The Hall–Kier alpha value is -1.10. The van der Waals surface area contributed by atoms with Crippen LogP contribution in [-0.2, 0) is 0 Å². The standard InChI is InChI=1S/C11H12FNO2S/c12-9-6-3-7-10(11(9)13(14)15)16-8-4-1-2-5-8/h3,6-8H,1-2,4-5H2. The molecule has 2 rings (SSSR count).